The molecule has 0 radical (unpaired) electrons. The van der Waals surface area contributed by atoms with Crippen molar-refractivity contribution in [2.75, 3.05) is 18.4 Å². The summed E-state index contributed by atoms with van der Waals surface area (Å²) in [6, 6.07) is 16.9. The highest BCUT2D eigenvalue weighted by Crippen LogP contribution is 2.25. The maximum Gasteiger partial charge on any atom is 0.252 e. The van der Waals surface area contributed by atoms with Gasteiger partial charge in [0.05, 0.1) is 10.6 Å². The summed E-state index contributed by atoms with van der Waals surface area (Å²) in [7, 11) is 0. The first-order valence-corrected chi connectivity index (χ1v) is 8.59. The zero-order chi connectivity index (χ0) is 16.8. The molecule has 0 unspecified atom stereocenters. The van der Waals surface area contributed by atoms with Crippen molar-refractivity contribution in [3.63, 3.8) is 0 Å². The lowest BCUT2D eigenvalue weighted by Crippen LogP contribution is -2.28. The van der Waals surface area contributed by atoms with Gasteiger partial charge in [-0.25, -0.2) is 0 Å². The number of carbonyl (C=O) groups excluding carboxylic acids is 1. The summed E-state index contributed by atoms with van der Waals surface area (Å²) in [6.07, 6.45) is 0. The minimum absolute atomic E-state index is 0.190. The fourth-order valence-corrected chi connectivity index (χ4v) is 3.07. The number of hydrogen-bond donors (Lipinski definition) is 2. The Labute approximate surface area is 148 Å². The average molecular weight is 359 g/mol. The molecule has 1 aromatic heterocycles. The van der Waals surface area contributed by atoms with Crippen LogP contribution in [0.15, 0.2) is 54.6 Å². The Morgan fingerprint density at radius 1 is 1.00 bits per heavy atom. The van der Waals surface area contributed by atoms with Crippen LogP contribution >= 0.6 is 22.9 Å². The number of amides is 1. The third-order valence-corrected chi connectivity index (χ3v) is 4.51. The van der Waals surface area contributed by atoms with Crippen LogP contribution in [-0.4, -0.2) is 29.2 Å². The molecule has 0 saturated carbocycles. The highest BCUT2D eigenvalue weighted by Gasteiger charge is 2.09. The maximum atomic E-state index is 12.0. The lowest BCUT2D eigenvalue weighted by atomic mass is 10.2. The topological polar surface area (TPSA) is 66.9 Å². The molecule has 0 atom stereocenters. The van der Waals surface area contributed by atoms with Crippen molar-refractivity contribution >= 4 is 34.0 Å². The van der Waals surface area contributed by atoms with Crippen molar-refractivity contribution < 1.29 is 4.79 Å². The van der Waals surface area contributed by atoms with Gasteiger partial charge in [0.2, 0.25) is 5.13 Å². The molecule has 1 heterocycles. The van der Waals surface area contributed by atoms with E-state index in [4.69, 9.17) is 11.6 Å². The van der Waals surface area contributed by atoms with Gasteiger partial charge in [0, 0.05) is 18.7 Å². The quantitative estimate of drug-likeness (QED) is 0.659. The summed E-state index contributed by atoms with van der Waals surface area (Å²) < 4.78 is 0. The number of nitrogens with one attached hydrogen (secondary N) is 2. The van der Waals surface area contributed by atoms with Gasteiger partial charge in [-0.3, -0.25) is 4.79 Å². The fraction of sp³-hybridized carbons (Fsp3) is 0.118. The zero-order valence-corrected chi connectivity index (χ0v) is 14.3. The van der Waals surface area contributed by atoms with Crippen LogP contribution in [-0.2, 0) is 0 Å². The summed E-state index contributed by atoms with van der Waals surface area (Å²) in [4.78, 5) is 12.0. The van der Waals surface area contributed by atoms with Crippen LogP contribution in [0.3, 0.4) is 0 Å². The van der Waals surface area contributed by atoms with Crippen molar-refractivity contribution in [1.82, 2.24) is 15.5 Å². The molecule has 2 N–H and O–H groups in total. The molecular formula is C17H15ClN4OS. The number of aromatic nitrogens is 2. The van der Waals surface area contributed by atoms with Crippen LogP contribution in [0.4, 0.5) is 5.13 Å². The van der Waals surface area contributed by atoms with E-state index in [9.17, 15) is 4.79 Å². The van der Waals surface area contributed by atoms with Crippen LogP contribution < -0.4 is 10.6 Å². The smallest absolute Gasteiger partial charge is 0.252 e. The number of carbonyl (C=O) groups is 1. The van der Waals surface area contributed by atoms with Crippen LogP contribution in [0, 0.1) is 0 Å². The van der Waals surface area contributed by atoms with E-state index >= 15 is 0 Å². The predicted molar refractivity (Wildman–Crippen MR) is 97.6 cm³/mol. The number of benzene rings is 2. The lowest BCUT2D eigenvalue weighted by Gasteiger charge is -2.06. The van der Waals surface area contributed by atoms with Crippen LogP contribution in [0.1, 0.15) is 10.4 Å². The SMILES string of the molecule is O=C(NCCNc1nnc(-c2ccccc2)s1)c1ccccc1Cl. The second-order valence-corrected chi connectivity index (χ2v) is 6.33. The summed E-state index contributed by atoms with van der Waals surface area (Å²) >= 11 is 7.47. The molecule has 0 saturated heterocycles. The minimum Gasteiger partial charge on any atom is -0.358 e. The van der Waals surface area contributed by atoms with Gasteiger partial charge in [0.15, 0.2) is 0 Å². The van der Waals surface area contributed by atoms with Crippen molar-refractivity contribution in [2.45, 2.75) is 0 Å². The van der Waals surface area contributed by atoms with Crippen molar-refractivity contribution in [3.8, 4) is 10.6 Å². The first-order valence-electron chi connectivity index (χ1n) is 7.39. The van der Waals surface area contributed by atoms with Crippen LogP contribution in [0.5, 0.6) is 0 Å². The van der Waals surface area contributed by atoms with E-state index < -0.39 is 0 Å². The molecule has 24 heavy (non-hydrogen) atoms. The number of halogens is 1. The highest BCUT2D eigenvalue weighted by molar-refractivity contribution is 7.18. The molecule has 2 aromatic carbocycles. The standard InChI is InChI=1S/C17H15ClN4OS/c18-14-9-5-4-8-13(14)15(23)19-10-11-20-17-22-21-16(24-17)12-6-2-1-3-7-12/h1-9H,10-11H2,(H,19,23)(H,20,22). The molecule has 0 aliphatic heterocycles. The largest absolute Gasteiger partial charge is 0.358 e. The Hall–Kier alpha value is -2.44. The first-order chi connectivity index (χ1) is 11.7. The number of rotatable bonds is 6. The molecule has 3 rings (SSSR count). The van der Waals surface area contributed by atoms with E-state index in [0.29, 0.717) is 23.7 Å². The normalized spacial score (nSPS) is 10.4. The van der Waals surface area contributed by atoms with E-state index in [0.717, 1.165) is 15.7 Å². The van der Waals surface area contributed by atoms with Gasteiger partial charge < -0.3 is 10.6 Å². The number of hydrogen-bond acceptors (Lipinski definition) is 5. The molecular weight excluding hydrogens is 344 g/mol. The van der Waals surface area contributed by atoms with Crippen LogP contribution in [0.25, 0.3) is 10.6 Å². The Bertz CT molecular complexity index is 822. The number of nitrogens with zero attached hydrogens (tertiary/aromatic N) is 2. The molecule has 0 bridgehead atoms. The predicted octanol–water partition coefficient (Wildman–Crippen LogP) is 3.70. The van der Waals surface area contributed by atoms with Gasteiger partial charge in [0.25, 0.3) is 5.91 Å². The molecule has 3 aromatic rings. The fourth-order valence-electron chi connectivity index (χ4n) is 2.08. The lowest BCUT2D eigenvalue weighted by molar-refractivity contribution is 0.0955. The average Bonchev–Trinajstić information content (AvgIpc) is 3.09. The van der Waals surface area contributed by atoms with Crippen LogP contribution in [0.2, 0.25) is 5.02 Å². The van der Waals surface area contributed by atoms with Crippen molar-refractivity contribution in [1.29, 1.82) is 0 Å². The number of anilines is 1. The summed E-state index contributed by atoms with van der Waals surface area (Å²) in [6.45, 7) is 1.02. The van der Waals surface area contributed by atoms with Gasteiger partial charge in [-0.1, -0.05) is 65.4 Å². The second-order valence-electron chi connectivity index (χ2n) is 4.94. The third kappa shape index (κ3) is 4.10. The Kier molecular flexibility index (Phi) is 5.40. The minimum atomic E-state index is -0.190. The molecule has 122 valence electrons. The zero-order valence-electron chi connectivity index (χ0n) is 12.7. The monoisotopic (exact) mass is 358 g/mol. The Morgan fingerprint density at radius 2 is 1.75 bits per heavy atom. The van der Waals surface area contributed by atoms with Gasteiger partial charge in [-0.2, -0.15) is 0 Å². The first kappa shape index (κ1) is 16.4. The maximum absolute atomic E-state index is 12.0. The summed E-state index contributed by atoms with van der Waals surface area (Å²) in [5.74, 6) is -0.190. The summed E-state index contributed by atoms with van der Waals surface area (Å²) in [5.41, 5.74) is 1.51. The third-order valence-electron chi connectivity index (χ3n) is 3.25. The molecule has 0 aliphatic carbocycles. The molecule has 7 heteroatoms. The van der Waals surface area contributed by atoms with Gasteiger partial charge >= 0.3 is 0 Å². The molecule has 0 spiro atoms. The molecule has 5 nitrogen and oxygen atoms in total. The molecule has 0 fully saturated rings. The highest BCUT2D eigenvalue weighted by atomic mass is 35.5. The van der Waals surface area contributed by atoms with E-state index in [1.165, 1.54) is 11.3 Å². The molecule has 1 amide bonds. The van der Waals surface area contributed by atoms with E-state index in [1.807, 2.05) is 30.3 Å². The van der Waals surface area contributed by atoms with E-state index in [-0.39, 0.29) is 5.91 Å². The van der Waals surface area contributed by atoms with Crippen molar-refractivity contribution in [2.24, 2.45) is 0 Å². The second kappa shape index (κ2) is 7.90. The Morgan fingerprint density at radius 3 is 2.54 bits per heavy atom. The van der Waals surface area contributed by atoms with E-state index in [1.54, 1.807) is 24.3 Å². The van der Waals surface area contributed by atoms with Gasteiger partial charge in [0.1, 0.15) is 5.01 Å². The van der Waals surface area contributed by atoms with Gasteiger partial charge in [-0.05, 0) is 12.1 Å². The molecule has 0 aliphatic rings. The van der Waals surface area contributed by atoms with Crippen molar-refractivity contribution in [3.05, 3.63) is 65.2 Å². The van der Waals surface area contributed by atoms with Gasteiger partial charge in [-0.15, -0.1) is 10.2 Å². The van der Waals surface area contributed by atoms with E-state index in [2.05, 4.69) is 20.8 Å². The Balaban J connectivity index is 1.48. The summed E-state index contributed by atoms with van der Waals surface area (Å²) in [5, 5.41) is 16.3.